The molecule has 10 heteroatoms. The van der Waals surface area contributed by atoms with Crippen molar-refractivity contribution in [1.29, 1.82) is 0 Å². The first kappa shape index (κ1) is 18.7. The largest absolute Gasteiger partial charge is 0.379 e. The van der Waals surface area contributed by atoms with Crippen LogP contribution in [0.2, 0.25) is 0 Å². The Bertz CT molecular complexity index is 1060. The number of ether oxygens (including phenoxy) is 1. The van der Waals surface area contributed by atoms with Gasteiger partial charge in [-0.15, -0.1) is 0 Å². The van der Waals surface area contributed by atoms with Crippen molar-refractivity contribution in [2.75, 3.05) is 38.2 Å². The summed E-state index contributed by atoms with van der Waals surface area (Å²) in [6.45, 7) is 1.60. The molecule has 1 aromatic heterocycles. The quantitative estimate of drug-likeness (QED) is 0.790. The van der Waals surface area contributed by atoms with Gasteiger partial charge in [0.25, 0.3) is 10.2 Å². The van der Waals surface area contributed by atoms with Crippen LogP contribution in [0.4, 0.5) is 5.69 Å². The lowest BCUT2D eigenvalue weighted by molar-refractivity contribution is -0.121. The van der Waals surface area contributed by atoms with Crippen molar-refractivity contribution in [2.24, 2.45) is 7.05 Å². The molecule has 1 spiro atoms. The molecule has 2 atom stereocenters. The molecule has 0 radical (unpaired) electrons. The molecule has 1 N–H and O–H groups in total. The van der Waals surface area contributed by atoms with Crippen molar-refractivity contribution in [3.8, 4) is 0 Å². The highest BCUT2D eigenvalue weighted by atomic mass is 32.2. The molecular formula is C19H23N5O4S. The number of hydrogen-bond acceptors (Lipinski definition) is 5. The molecule has 5 rings (SSSR count). The van der Waals surface area contributed by atoms with Gasteiger partial charge in [0.15, 0.2) is 0 Å². The van der Waals surface area contributed by atoms with Crippen LogP contribution in [-0.2, 0) is 32.2 Å². The Morgan fingerprint density at radius 2 is 1.97 bits per heavy atom. The van der Waals surface area contributed by atoms with Gasteiger partial charge >= 0.3 is 0 Å². The van der Waals surface area contributed by atoms with Gasteiger partial charge in [0.2, 0.25) is 5.91 Å². The maximum atomic E-state index is 13.6. The zero-order chi connectivity index (χ0) is 20.2. The fourth-order valence-electron chi connectivity index (χ4n) is 4.82. The van der Waals surface area contributed by atoms with Crippen LogP contribution in [0, 0.1) is 0 Å². The number of benzene rings is 1. The van der Waals surface area contributed by atoms with Gasteiger partial charge in [0.05, 0.1) is 13.2 Å². The second kappa shape index (κ2) is 6.63. The minimum atomic E-state index is -3.79. The molecule has 1 amide bonds. The summed E-state index contributed by atoms with van der Waals surface area (Å²) in [5, 5.41) is 2.96. The van der Waals surface area contributed by atoms with Gasteiger partial charge in [-0.3, -0.25) is 4.79 Å². The van der Waals surface area contributed by atoms with Crippen LogP contribution in [0.25, 0.3) is 0 Å². The van der Waals surface area contributed by atoms with Gasteiger partial charge in [-0.05, 0) is 18.1 Å². The number of fused-ring (bicyclic) bond motifs is 2. The number of aryl methyl sites for hydroxylation is 1. The van der Waals surface area contributed by atoms with E-state index < -0.39 is 21.7 Å². The van der Waals surface area contributed by atoms with Crippen LogP contribution in [-0.4, -0.2) is 65.3 Å². The van der Waals surface area contributed by atoms with E-state index in [2.05, 4.69) is 10.3 Å². The number of anilines is 1. The van der Waals surface area contributed by atoms with Gasteiger partial charge in [-0.1, -0.05) is 18.2 Å². The van der Waals surface area contributed by atoms with E-state index in [1.54, 1.807) is 17.0 Å². The van der Waals surface area contributed by atoms with E-state index in [0.717, 1.165) is 11.3 Å². The molecule has 154 valence electrons. The van der Waals surface area contributed by atoms with Crippen LogP contribution in [0.3, 0.4) is 0 Å². The Hall–Kier alpha value is -2.27. The molecule has 2 fully saturated rings. The Balaban J connectivity index is 1.67. The second-order valence-electron chi connectivity index (χ2n) is 7.65. The fourth-order valence-corrected chi connectivity index (χ4v) is 6.59. The first-order valence-corrected chi connectivity index (χ1v) is 11.1. The van der Waals surface area contributed by atoms with Crippen molar-refractivity contribution in [3.05, 3.63) is 48.0 Å². The molecule has 29 heavy (non-hydrogen) atoms. The Labute approximate surface area is 169 Å². The molecule has 0 saturated carbocycles. The summed E-state index contributed by atoms with van der Waals surface area (Å²) in [4.78, 5) is 17.8. The number of aromatic nitrogens is 2. The number of para-hydroxylation sites is 1. The third kappa shape index (κ3) is 2.59. The highest BCUT2D eigenvalue weighted by Gasteiger charge is 2.62. The lowest BCUT2D eigenvalue weighted by Crippen LogP contribution is -2.51. The number of rotatable bonds is 3. The van der Waals surface area contributed by atoms with Gasteiger partial charge in [0.1, 0.15) is 17.3 Å². The third-order valence-corrected chi connectivity index (χ3v) is 8.24. The maximum Gasteiger partial charge on any atom is 0.282 e. The summed E-state index contributed by atoms with van der Waals surface area (Å²) in [6, 6.07) is 6.80. The van der Waals surface area contributed by atoms with E-state index in [9.17, 15) is 13.2 Å². The minimum absolute atomic E-state index is 0.175. The van der Waals surface area contributed by atoms with Crippen molar-refractivity contribution in [3.63, 3.8) is 0 Å². The number of carbonyl (C=O) groups is 1. The standard InChI is InChI=1S/C19H23N5O4S/c1-22-9-7-20-17(22)16-19(14-4-2-3-5-15(14)21-18(19)25)6-8-24(16)29(26,27)23-10-12-28-13-11-23/h2-5,7,9,16H,6,8,10-13H2,1H3,(H,21,25)/t16-,19+/m0/s1. The number of amides is 1. The number of imidazole rings is 1. The SMILES string of the molecule is Cn1ccnc1[C@@H]1N(S(=O)(=O)N2CCOCC2)CC[C@]12C(=O)Nc1ccccc12. The summed E-state index contributed by atoms with van der Waals surface area (Å²) in [5.74, 6) is 0.387. The van der Waals surface area contributed by atoms with Gasteiger partial charge in [-0.25, -0.2) is 4.98 Å². The monoisotopic (exact) mass is 417 g/mol. The van der Waals surface area contributed by atoms with E-state index in [0.29, 0.717) is 38.5 Å². The lowest BCUT2D eigenvalue weighted by atomic mass is 9.75. The van der Waals surface area contributed by atoms with Gasteiger partial charge in [-0.2, -0.15) is 17.0 Å². The molecule has 4 heterocycles. The average Bonchev–Trinajstić information content (AvgIpc) is 3.40. The normalized spacial score (nSPS) is 28.0. The second-order valence-corrected chi connectivity index (χ2v) is 9.53. The summed E-state index contributed by atoms with van der Waals surface area (Å²) in [7, 11) is -1.96. The zero-order valence-electron chi connectivity index (χ0n) is 16.1. The summed E-state index contributed by atoms with van der Waals surface area (Å²) in [5.41, 5.74) is 0.565. The first-order chi connectivity index (χ1) is 14.0. The van der Waals surface area contributed by atoms with Crippen molar-refractivity contribution in [1.82, 2.24) is 18.2 Å². The Kier molecular flexibility index (Phi) is 4.28. The molecule has 0 unspecified atom stereocenters. The smallest absolute Gasteiger partial charge is 0.282 e. The number of hydrogen-bond donors (Lipinski definition) is 1. The third-order valence-electron chi connectivity index (χ3n) is 6.24. The highest BCUT2D eigenvalue weighted by Crippen LogP contribution is 2.55. The number of nitrogens with zero attached hydrogens (tertiary/aromatic N) is 4. The van der Waals surface area contributed by atoms with Crippen LogP contribution in [0.15, 0.2) is 36.7 Å². The van der Waals surface area contributed by atoms with Crippen LogP contribution in [0.1, 0.15) is 23.9 Å². The van der Waals surface area contributed by atoms with E-state index in [-0.39, 0.29) is 12.5 Å². The van der Waals surface area contributed by atoms with Crippen molar-refractivity contribution < 1.29 is 17.9 Å². The predicted molar refractivity (Wildman–Crippen MR) is 105 cm³/mol. The zero-order valence-corrected chi connectivity index (χ0v) is 16.9. The van der Waals surface area contributed by atoms with Gasteiger partial charge in [0, 0.05) is 44.8 Å². The van der Waals surface area contributed by atoms with E-state index in [4.69, 9.17) is 4.74 Å². The Morgan fingerprint density at radius 3 is 2.69 bits per heavy atom. The average molecular weight is 417 g/mol. The summed E-state index contributed by atoms with van der Waals surface area (Å²) < 4.78 is 37.2. The van der Waals surface area contributed by atoms with Gasteiger partial charge < -0.3 is 14.6 Å². The first-order valence-electron chi connectivity index (χ1n) is 9.69. The molecule has 0 bridgehead atoms. The lowest BCUT2D eigenvalue weighted by Gasteiger charge is -2.36. The topological polar surface area (TPSA) is 96.8 Å². The minimum Gasteiger partial charge on any atom is -0.379 e. The molecule has 1 aromatic carbocycles. The van der Waals surface area contributed by atoms with Crippen molar-refractivity contribution in [2.45, 2.75) is 17.9 Å². The molecule has 3 aliphatic rings. The summed E-state index contributed by atoms with van der Waals surface area (Å²) >= 11 is 0. The van der Waals surface area contributed by atoms with E-state index >= 15 is 0 Å². The molecule has 9 nitrogen and oxygen atoms in total. The molecular weight excluding hydrogens is 394 g/mol. The molecule has 0 aliphatic carbocycles. The van der Waals surface area contributed by atoms with Crippen molar-refractivity contribution >= 4 is 21.8 Å². The predicted octanol–water partition coefficient (Wildman–Crippen LogP) is 0.634. The van der Waals surface area contributed by atoms with E-state index in [1.165, 1.54) is 8.61 Å². The van der Waals surface area contributed by atoms with Crippen LogP contribution < -0.4 is 5.32 Å². The van der Waals surface area contributed by atoms with E-state index in [1.807, 2.05) is 31.3 Å². The molecule has 2 aromatic rings. The van der Waals surface area contributed by atoms with Crippen LogP contribution in [0.5, 0.6) is 0 Å². The van der Waals surface area contributed by atoms with Crippen LogP contribution >= 0.6 is 0 Å². The maximum absolute atomic E-state index is 13.6. The molecule has 2 saturated heterocycles. The molecule has 3 aliphatic heterocycles. The fraction of sp³-hybridized carbons (Fsp3) is 0.474. The summed E-state index contributed by atoms with van der Waals surface area (Å²) in [6.07, 6.45) is 3.82. The Morgan fingerprint density at radius 1 is 1.21 bits per heavy atom. The highest BCUT2D eigenvalue weighted by molar-refractivity contribution is 7.86. The number of nitrogens with one attached hydrogen (secondary N) is 1. The number of morpholine rings is 1. The number of carbonyl (C=O) groups excluding carboxylic acids is 1.